The van der Waals surface area contributed by atoms with Crippen molar-refractivity contribution < 1.29 is 0 Å². The van der Waals surface area contributed by atoms with Crippen LogP contribution < -0.4 is 0 Å². The maximum Gasteiger partial charge on any atom is 0.119 e. The Labute approximate surface area is 93.4 Å². The van der Waals surface area contributed by atoms with Crippen molar-refractivity contribution in [1.29, 1.82) is 0 Å². The fourth-order valence-electron chi connectivity index (χ4n) is 1.00. The zero-order chi connectivity index (χ0) is 10.7. The average Bonchev–Trinajstić information content (AvgIpc) is 1.78. The van der Waals surface area contributed by atoms with E-state index in [-0.39, 0.29) is 0 Å². The highest BCUT2D eigenvalue weighted by molar-refractivity contribution is 8.05. The molecule has 13 heavy (non-hydrogen) atoms. The molecule has 1 atom stereocenters. The Morgan fingerprint density at radius 2 is 1.46 bits per heavy atom. The number of hydrogen-bond acceptors (Lipinski definition) is 2. The zero-order valence-electron chi connectivity index (χ0n) is 10.1. The molecule has 0 bridgehead atoms. The van der Waals surface area contributed by atoms with Crippen LogP contribution in [0.1, 0.15) is 41.5 Å². The molecule has 0 aromatic heterocycles. The monoisotopic (exact) mass is 218 g/mol. The Morgan fingerprint density at radius 1 is 1.00 bits per heavy atom. The second-order valence-electron chi connectivity index (χ2n) is 5.46. The van der Waals surface area contributed by atoms with Gasteiger partial charge in [-0.25, -0.2) is 0 Å². The first-order valence-corrected chi connectivity index (χ1v) is 6.78. The first kappa shape index (κ1) is 13.8. The summed E-state index contributed by atoms with van der Waals surface area (Å²) in [7, 11) is 2.33. The lowest BCUT2D eigenvalue weighted by Gasteiger charge is -2.25. The van der Waals surface area contributed by atoms with E-state index < -0.39 is 0 Å². The van der Waals surface area contributed by atoms with Gasteiger partial charge >= 0.3 is 0 Å². The van der Waals surface area contributed by atoms with Gasteiger partial charge in [-0.05, 0) is 10.9 Å². The van der Waals surface area contributed by atoms with Crippen LogP contribution in [0.4, 0.5) is 0 Å². The molecule has 0 rings (SSSR count). The van der Waals surface area contributed by atoms with Gasteiger partial charge in [-0.1, -0.05) is 41.5 Å². The Kier molecular flexibility index (Phi) is 5.31. The van der Waals surface area contributed by atoms with Crippen LogP contribution >= 0.6 is 23.5 Å². The summed E-state index contributed by atoms with van der Waals surface area (Å²) in [4.78, 5) is 0. The smallest absolute Gasteiger partial charge is 0.119 e. The van der Waals surface area contributed by atoms with Gasteiger partial charge in [-0.3, -0.25) is 0 Å². The molecule has 0 aliphatic heterocycles. The van der Waals surface area contributed by atoms with Crippen LogP contribution in [0.15, 0.2) is 0 Å². The molecule has 0 spiro atoms. The summed E-state index contributed by atoms with van der Waals surface area (Å²) in [6.07, 6.45) is 0. The van der Waals surface area contributed by atoms with Crippen LogP contribution in [0.25, 0.3) is 0 Å². The summed E-state index contributed by atoms with van der Waals surface area (Å²) >= 11 is 4.14. The minimum Gasteiger partial charge on any atom is -0.161 e. The summed E-state index contributed by atoms with van der Waals surface area (Å²) in [6.45, 7) is 13.7. The minimum atomic E-state index is 0.401. The normalized spacial score (nSPS) is 15.8. The van der Waals surface area contributed by atoms with Crippen LogP contribution in [0, 0.1) is 0 Å². The van der Waals surface area contributed by atoms with Gasteiger partial charge in [-0.2, -0.15) is 23.5 Å². The molecule has 1 unspecified atom stereocenters. The minimum absolute atomic E-state index is 0.401. The van der Waals surface area contributed by atoms with Crippen LogP contribution in [-0.2, 0) is 0 Å². The molecule has 0 nitrogen and oxygen atoms in total. The number of hydrogen-bond donors (Lipinski definition) is 0. The molecule has 0 heterocycles. The highest BCUT2D eigenvalue weighted by Crippen LogP contribution is 2.31. The molecule has 0 N–H and O–H groups in total. The van der Waals surface area contributed by atoms with Crippen molar-refractivity contribution in [1.82, 2.24) is 0 Å². The van der Waals surface area contributed by atoms with Gasteiger partial charge in [0.15, 0.2) is 0 Å². The predicted octanol–water partition coefficient (Wildman–Crippen LogP) is 3.01. The van der Waals surface area contributed by atoms with Gasteiger partial charge < -0.3 is 0 Å². The summed E-state index contributed by atoms with van der Waals surface area (Å²) < 4.78 is 0.810. The summed E-state index contributed by atoms with van der Waals surface area (Å²) in [5.41, 5.74) is 0. The van der Waals surface area contributed by atoms with E-state index in [9.17, 15) is 0 Å². The molecule has 0 amide bonds. The third kappa shape index (κ3) is 10.7. The highest BCUT2D eigenvalue weighted by Gasteiger charge is 2.18. The molecule has 0 saturated carbocycles. The molecule has 0 saturated heterocycles. The SMILES string of the molecule is BC(CSC(C)(C)C)SC(C)(C)C. The molecule has 0 aromatic rings. The molecule has 0 fully saturated rings. The largest absolute Gasteiger partial charge is 0.161 e. The maximum absolute atomic E-state index is 2.33. The molecule has 0 aromatic carbocycles. The van der Waals surface area contributed by atoms with E-state index in [4.69, 9.17) is 0 Å². The zero-order valence-corrected chi connectivity index (χ0v) is 11.7. The fourth-order valence-corrected chi connectivity index (χ4v) is 3.42. The summed E-state index contributed by atoms with van der Waals surface area (Å²) in [5, 5.41) is 0.754. The predicted molar refractivity (Wildman–Crippen MR) is 71.9 cm³/mol. The van der Waals surface area contributed by atoms with E-state index in [1.165, 1.54) is 5.75 Å². The van der Waals surface area contributed by atoms with Crippen LogP contribution in [0.5, 0.6) is 0 Å². The Balaban J connectivity index is 3.70. The quantitative estimate of drug-likeness (QED) is 0.668. The van der Waals surface area contributed by atoms with E-state index in [1.807, 2.05) is 0 Å². The number of rotatable bonds is 3. The van der Waals surface area contributed by atoms with Crippen LogP contribution in [0.3, 0.4) is 0 Å². The van der Waals surface area contributed by atoms with Crippen molar-refractivity contribution in [2.75, 3.05) is 5.75 Å². The molecule has 0 radical (unpaired) electrons. The number of thioether (sulfide) groups is 2. The third-order valence-corrected chi connectivity index (χ3v) is 4.33. The first-order chi connectivity index (χ1) is 5.60. The summed E-state index contributed by atoms with van der Waals surface area (Å²) in [6, 6.07) is 0. The van der Waals surface area contributed by atoms with Gasteiger partial charge in [0.1, 0.15) is 7.85 Å². The van der Waals surface area contributed by atoms with E-state index >= 15 is 0 Å². The fraction of sp³-hybridized carbons (Fsp3) is 1.00. The second-order valence-corrected chi connectivity index (χ2v) is 9.58. The molecular weight excluding hydrogens is 195 g/mol. The summed E-state index contributed by atoms with van der Waals surface area (Å²) in [5.74, 6) is 1.26. The molecule has 0 aliphatic carbocycles. The van der Waals surface area contributed by atoms with Crippen molar-refractivity contribution in [3.63, 3.8) is 0 Å². The van der Waals surface area contributed by atoms with Gasteiger partial charge in [0.2, 0.25) is 0 Å². The van der Waals surface area contributed by atoms with Crippen molar-refractivity contribution in [3.8, 4) is 0 Å². The molecule has 0 aliphatic rings. The lowest BCUT2D eigenvalue weighted by molar-refractivity contribution is 0.796. The van der Waals surface area contributed by atoms with Gasteiger partial charge in [0.25, 0.3) is 0 Å². The first-order valence-electron chi connectivity index (χ1n) is 4.92. The Hall–Kier alpha value is 0.765. The van der Waals surface area contributed by atoms with Crippen LogP contribution in [0.2, 0.25) is 0 Å². The van der Waals surface area contributed by atoms with Gasteiger partial charge in [0.05, 0.1) is 0 Å². The molecule has 3 heteroatoms. The Morgan fingerprint density at radius 3 is 1.77 bits per heavy atom. The molecular formula is C10H23BS2. The van der Waals surface area contributed by atoms with Gasteiger partial charge in [-0.15, -0.1) is 0 Å². The van der Waals surface area contributed by atoms with Gasteiger partial charge in [0, 0.05) is 9.49 Å². The third-order valence-electron chi connectivity index (χ3n) is 1.31. The van der Waals surface area contributed by atoms with E-state index in [0.29, 0.717) is 9.49 Å². The molecule has 78 valence electrons. The lowest BCUT2D eigenvalue weighted by atomic mass is 10.1. The van der Waals surface area contributed by atoms with E-state index in [0.717, 1.165) is 5.15 Å². The van der Waals surface area contributed by atoms with E-state index in [1.54, 1.807) is 0 Å². The van der Waals surface area contributed by atoms with Crippen molar-refractivity contribution in [2.24, 2.45) is 0 Å². The maximum atomic E-state index is 2.33. The van der Waals surface area contributed by atoms with Crippen molar-refractivity contribution in [3.05, 3.63) is 0 Å². The topological polar surface area (TPSA) is 0 Å². The lowest BCUT2D eigenvalue weighted by Crippen LogP contribution is -2.20. The standard InChI is InChI=1S/C10H23BS2/c1-9(2,3)12-7-8(11)13-10(4,5)6/h8H,7,11H2,1-6H3. The van der Waals surface area contributed by atoms with Crippen LogP contribution in [-0.4, -0.2) is 28.2 Å². The van der Waals surface area contributed by atoms with E-state index in [2.05, 4.69) is 72.9 Å². The van der Waals surface area contributed by atoms with Crippen molar-refractivity contribution >= 4 is 31.4 Å². The second kappa shape index (κ2) is 5.02. The average molecular weight is 218 g/mol. The van der Waals surface area contributed by atoms with Crippen molar-refractivity contribution in [2.45, 2.75) is 56.2 Å². The Bertz CT molecular complexity index is 144. The highest BCUT2D eigenvalue weighted by atomic mass is 32.2.